The van der Waals surface area contributed by atoms with Crippen LogP contribution in [0.15, 0.2) is 72.7 Å². The molecule has 3 rings (SSSR count). The van der Waals surface area contributed by atoms with Crippen LogP contribution < -0.4 is 10.5 Å². The number of nitrogens with one attached hydrogen (secondary N) is 1. The van der Waals surface area contributed by atoms with Gasteiger partial charge in [-0.25, -0.2) is 23.5 Å². The van der Waals surface area contributed by atoms with Crippen LogP contribution in [0.1, 0.15) is 31.7 Å². The highest BCUT2D eigenvalue weighted by molar-refractivity contribution is 7.89. The van der Waals surface area contributed by atoms with Gasteiger partial charge >= 0.3 is 0 Å². The number of nitrogens with two attached hydrogens (primary N) is 1. The van der Waals surface area contributed by atoms with E-state index in [1.54, 1.807) is 12.2 Å². The van der Waals surface area contributed by atoms with Crippen molar-refractivity contribution in [2.75, 3.05) is 24.2 Å². The van der Waals surface area contributed by atoms with E-state index in [2.05, 4.69) is 51.0 Å². The summed E-state index contributed by atoms with van der Waals surface area (Å²) in [6, 6.07) is 10.4. The molecule has 1 saturated heterocycles. The minimum atomic E-state index is -3.60. The van der Waals surface area contributed by atoms with E-state index in [9.17, 15) is 8.42 Å². The topological polar surface area (TPSA) is 101 Å². The summed E-state index contributed by atoms with van der Waals surface area (Å²) in [4.78, 5) is 11.3. The summed E-state index contributed by atoms with van der Waals surface area (Å²) in [5, 5.41) is 8.29. The Labute approximate surface area is 190 Å². The molecule has 170 valence electrons. The molecular formula is C24H31N5O2S. The first kappa shape index (κ1) is 23.8. The molecule has 0 unspecified atom stereocenters. The predicted molar refractivity (Wildman–Crippen MR) is 130 cm³/mol. The average molecular weight is 454 g/mol. The first-order valence-corrected chi connectivity index (χ1v) is 12.5. The molecule has 1 aliphatic rings. The third-order valence-electron chi connectivity index (χ3n) is 5.21. The Morgan fingerprint density at radius 2 is 1.97 bits per heavy atom. The predicted octanol–water partition coefficient (Wildman–Crippen LogP) is 3.85. The average Bonchev–Trinajstić information content (AvgIpc) is 2.76. The van der Waals surface area contributed by atoms with E-state index in [1.807, 2.05) is 19.1 Å². The molecule has 1 aromatic carbocycles. The molecular weight excluding hydrogens is 422 g/mol. The van der Waals surface area contributed by atoms with Crippen molar-refractivity contribution < 1.29 is 8.42 Å². The summed E-state index contributed by atoms with van der Waals surface area (Å²) in [6.07, 6.45) is 10.6. The van der Waals surface area contributed by atoms with Gasteiger partial charge in [0.25, 0.3) is 0 Å². The Morgan fingerprint density at radius 1 is 1.19 bits per heavy atom. The number of rotatable bonds is 9. The normalized spacial score (nSPS) is 15.8. The molecule has 8 heteroatoms. The summed E-state index contributed by atoms with van der Waals surface area (Å²) >= 11 is 0. The monoisotopic (exact) mass is 453 g/mol. The molecule has 0 bridgehead atoms. The third-order valence-corrected chi connectivity index (χ3v) is 5.99. The van der Waals surface area contributed by atoms with Gasteiger partial charge in [-0.05, 0) is 56.1 Å². The van der Waals surface area contributed by atoms with E-state index in [0.29, 0.717) is 11.4 Å². The smallest absolute Gasteiger partial charge is 0.213 e. The lowest BCUT2D eigenvalue weighted by atomic mass is 10.1. The zero-order valence-corrected chi connectivity index (χ0v) is 19.3. The van der Waals surface area contributed by atoms with Gasteiger partial charge in [0, 0.05) is 23.9 Å². The number of likely N-dealkylation sites (tertiary alicyclic amines) is 1. The van der Waals surface area contributed by atoms with Crippen LogP contribution in [0.25, 0.3) is 11.3 Å². The second-order valence-electron chi connectivity index (χ2n) is 7.99. The molecule has 0 amide bonds. The zero-order chi connectivity index (χ0) is 23.0. The summed E-state index contributed by atoms with van der Waals surface area (Å²) in [7, 11) is -3.60. The van der Waals surface area contributed by atoms with Crippen LogP contribution in [0.2, 0.25) is 0 Å². The van der Waals surface area contributed by atoms with E-state index in [1.165, 1.54) is 31.2 Å². The van der Waals surface area contributed by atoms with Crippen LogP contribution in [0.5, 0.6) is 0 Å². The molecule has 2 heterocycles. The number of sulfonamides is 1. The van der Waals surface area contributed by atoms with Gasteiger partial charge in [0.15, 0.2) is 0 Å². The van der Waals surface area contributed by atoms with Gasteiger partial charge in [-0.2, -0.15) is 0 Å². The van der Waals surface area contributed by atoms with Crippen molar-refractivity contribution in [1.82, 2.24) is 14.9 Å². The molecule has 0 aliphatic carbocycles. The second kappa shape index (κ2) is 11.2. The van der Waals surface area contributed by atoms with Crippen LogP contribution in [-0.4, -0.2) is 42.1 Å². The van der Waals surface area contributed by atoms with Gasteiger partial charge < -0.3 is 5.32 Å². The van der Waals surface area contributed by atoms with E-state index in [-0.39, 0.29) is 5.75 Å². The molecule has 0 saturated carbocycles. The van der Waals surface area contributed by atoms with E-state index in [4.69, 9.17) is 5.14 Å². The molecule has 7 nitrogen and oxygen atoms in total. The Kier molecular flexibility index (Phi) is 8.33. The lowest BCUT2D eigenvalue weighted by Gasteiger charge is -2.26. The molecule has 0 radical (unpaired) electrons. The fourth-order valence-corrected chi connectivity index (χ4v) is 4.27. The van der Waals surface area contributed by atoms with Crippen LogP contribution in [0, 0.1) is 0 Å². The van der Waals surface area contributed by atoms with Crippen LogP contribution in [-0.2, 0) is 16.6 Å². The van der Waals surface area contributed by atoms with Crippen molar-refractivity contribution >= 4 is 15.8 Å². The summed E-state index contributed by atoms with van der Waals surface area (Å²) < 4.78 is 22.4. The highest BCUT2D eigenvalue weighted by Crippen LogP contribution is 2.22. The van der Waals surface area contributed by atoms with Crippen LogP contribution in [0.3, 0.4) is 0 Å². The number of benzene rings is 1. The number of allylic oxidation sites excluding steroid dienone is 3. The van der Waals surface area contributed by atoms with Gasteiger partial charge in [0.2, 0.25) is 10.0 Å². The van der Waals surface area contributed by atoms with Gasteiger partial charge in [-0.15, -0.1) is 0 Å². The fraction of sp³-hybridized carbons (Fsp3) is 0.333. The molecule has 2 aromatic rings. The minimum Gasteiger partial charge on any atom is -0.340 e. The molecule has 3 N–H and O–H groups in total. The van der Waals surface area contributed by atoms with Crippen molar-refractivity contribution in [3.05, 3.63) is 78.3 Å². The second-order valence-corrected chi connectivity index (χ2v) is 9.61. The minimum absolute atomic E-state index is 0.286. The largest absolute Gasteiger partial charge is 0.340 e. The van der Waals surface area contributed by atoms with Crippen molar-refractivity contribution in [3.8, 4) is 11.3 Å². The standard InChI is InChI=1S/C24H31N5O2S/c1-3-22(11-10-19(2)17-32(25,30)31)28-24-15-23(26-18-27-24)21-9-7-8-20(14-21)16-29-12-5-4-6-13-29/h3,7-11,14-15,18H,2,4-6,12-13,16-17H2,1H3,(H2,25,30,31)(H,26,27,28)/b11-10-,22-3+. The Hall–Kier alpha value is -2.81. The van der Waals surface area contributed by atoms with Crippen molar-refractivity contribution in [3.63, 3.8) is 0 Å². The SMILES string of the molecule is C=C(/C=C\C(=C/C)Nc1cc(-c2cccc(CN3CCCCC3)c2)ncn1)CS(N)(=O)=O. The number of hydrogen-bond acceptors (Lipinski definition) is 6. The van der Waals surface area contributed by atoms with Crippen molar-refractivity contribution in [1.29, 1.82) is 0 Å². The van der Waals surface area contributed by atoms with E-state index < -0.39 is 10.0 Å². The number of anilines is 1. The van der Waals surface area contributed by atoms with Crippen molar-refractivity contribution in [2.45, 2.75) is 32.7 Å². The fourth-order valence-electron chi connectivity index (χ4n) is 3.66. The third kappa shape index (κ3) is 7.71. The molecule has 1 aromatic heterocycles. The maximum atomic E-state index is 11.2. The van der Waals surface area contributed by atoms with Gasteiger partial charge in [-0.3, -0.25) is 4.90 Å². The van der Waals surface area contributed by atoms with E-state index >= 15 is 0 Å². The number of piperidine rings is 1. The van der Waals surface area contributed by atoms with Crippen LogP contribution >= 0.6 is 0 Å². The molecule has 32 heavy (non-hydrogen) atoms. The quantitative estimate of drug-likeness (QED) is 0.559. The summed E-state index contributed by atoms with van der Waals surface area (Å²) in [6.45, 7) is 8.89. The highest BCUT2D eigenvalue weighted by Gasteiger charge is 2.11. The summed E-state index contributed by atoms with van der Waals surface area (Å²) in [5.74, 6) is 0.359. The Balaban J connectivity index is 1.69. The number of aromatic nitrogens is 2. The maximum Gasteiger partial charge on any atom is 0.213 e. The number of primary sulfonamides is 1. The number of nitrogens with zero attached hydrogens (tertiary/aromatic N) is 3. The summed E-state index contributed by atoms with van der Waals surface area (Å²) in [5.41, 5.74) is 4.32. The molecule has 1 fully saturated rings. The molecule has 1 aliphatic heterocycles. The lowest BCUT2D eigenvalue weighted by molar-refractivity contribution is 0.221. The number of hydrogen-bond donors (Lipinski definition) is 2. The lowest BCUT2D eigenvalue weighted by Crippen LogP contribution is -2.29. The van der Waals surface area contributed by atoms with Crippen LogP contribution in [0.4, 0.5) is 5.82 Å². The van der Waals surface area contributed by atoms with E-state index in [0.717, 1.165) is 36.6 Å². The van der Waals surface area contributed by atoms with Gasteiger partial charge in [0.05, 0.1) is 11.4 Å². The Bertz CT molecular complexity index is 1100. The van der Waals surface area contributed by atoms with Gasteiger partial charge in [-0.1, -0.05) is 43.4 Å². The maximum absolute atomic E-state index is 11.2. The Morgan fingerprint density at radius 3 is 2.69 bits per heavy atom. The highest BCUT2D eigenvalue weighted by atomic mass is 32.2. The zero-order valence-electron chi connectivity index (χ0n) is 18.5. The molecule has 0 spiro atoms. The first-order valence-electron chi connectivity index (χ1n) is 10.8. The molecule has 0 atom stereocenters. The van der Waals surface area contributed by atoms with Gasteiger partial charge in [0.1, 0.15) is 12.1 Å². The van der Waals surface area contributed by atoms with Crippen molar-refractivity contribution in [2.24, 2.45) is 5.14 Å². The first-order chi connectivity index (χ1) is 15.3.